The van der Waals surface area contributed by atoms with Gasteiger partial charge < -0.3 is 14.8 Å². The summed E-state index contributed by atoms with van der Waals surface area (Å²) >= 11 is 14.3. The highest BCUT2D eigenvalue weighted by atomic mass is 35.5. The third kappa shape index (κ3) is 3.82. The van der Waals surface area contributed by atoms with Crippen molar-refractivity contribution in [3.05, 3.63) is 95.0 Å². The van der Waals surface area contributed by atoms with Gasteiger partial charge >= 0.3 is 0 Å². The largest absolute Gasteiger partial charge is 0.449 e. The molecule has 30 heavy (non-hydrogen) atoms. The van der Waals surface area contributed by atoms with Gasteiger partial charge in [0.1, 0.15) is 0 Å². The van der Waals surface area contributed by atoms with Gasteiger partial charge in [0.25, 0.3) is 0 Å². The van der Waals surface area contributed by atoms with Gasteiger partial charge in [0.05, 0.1) is 21.4 Å². The summed E-state index contributed by atoms with van der Waals surface area (Å²) < 4.78 is 12.2. The zero-order valence-electron chi connectivity index (χ0n) is 15.6. The highest BCUT2D eigenvalue weighted by molar-refractivity contribution is 7.99. The van der Waals surface area contributed by atoms with Crippen LogP contribution in [0.4, 0.5) is 11.4 Å². The van der Waals surface area contributed by atoms with E-state index in [1.54, 1.807) is 11.8 Å². The van der Waals surface area contributed by atoms with Gasteiger partial charge in [0, 0.05) is 21.9 Å². The lowest BCUT2D eigenvalue weighted by Crippen LogP contribution is -2.01. The van der Waals surface area contributed by atoms with Gasteiger partial charge in [-0.1, -0.05) is 71.4 Å². The summed E-state index contributed by atoms with van der Waals surface area (Å²) in [6.45, 7) is 0. The zero-order valence-corrected chi connectivity index (χ0v) is 17.9. The summed E-state index contributed by atoms with van der Waals surface area (Å²) in [5, 5.41) is 4.74. The molecule has 0 saturated carbocycles. The van der Waals surface area contributed by atoms with E-state index in [9.17, 15) is 0 Å². The van der Waals surface area contributed by atoms with E-state index in [4.69, 9.17) is 32.7 Å². The van der Waals surface area contributed by atoms with Gasteiger partial charge in [0.15, 0.2) is 23.0 Å². The van der Waals surface area contributed by atoms with Crippen LogP contribution < -0.4 is 14.8 Å². The fraction of sp³-hybridized carbons (Fsp3) is 0. The van der Waals surface area contributed by atoms with Crippen LogP contribution in [0, 0.1) is 0 Å². The maximum Gasteiger partial charge on any atom is 0.172 e. The lowest BCUT2D eigenvalue weighted by atomic mass is 10.2. The maximum absolute atomic E-state index is 6.40. The number of benzene rings is 4. The Hall–Kier alpha value is -2.79. The molecule has 0 bridgehead atoms. The number of hydrogen-bond donors (Lipinski definition) is 1. The third-order valence-corrected chi connectivity index (χ3v) is 6.44. The van der Waals surface area contributed by atoms with Crippen LogP contribution in [0.15, 0.2) is 94.7 Å². The van der Waals surface area contributed by atoms with E-state index in [0.717, 1.165) is 21.2 Å². The van der Waals surface area contributed by atoms with Crippen molar-refractivity contribution < 1.29 is 9.47 Å². The molecular formula is C24H15Cl2NO2S. The molecule has 0 aromatic heterocycles. The average molecular weight is 452 g/mol. The standard InChI is InChI=1S/C24H15Cl2NO2S/c25-15-7-1-3-9-17(15)27-18-13-21-22(29-20-11-5-4-10-19(20)28-21)14-24(18)30-23-12-6-2-8-16(23)26/h1-14,27H. The van der Waals surface area contributed by atoms with Gasteiger partial charge in [-0.05, 0) is 36.4 Å². The van der Waals surface area contributed by atoms with Crippen LogP contribution in [0.5, 0.6) is 23.0 Å². The molecule has 0 aliphatic carbocycles. The van der Waals surface area contributed by atoms with Gasteiger partial charge in [0.2, 0.25) is 0 Å². The zero-order chi connectivity index (χ0) is 20.5. The lowest BCUT2D eigenvalue weighted by Gasteiger charge is -2.23. The summed E-state index contributed by atoms with van der Waals surface area (Å²) in [5.74, 6) is 2.64. The molecule has 6 heteroatoms. The second-order valence-electron chi connectivity index (χ2n) is 6.58. The van der Waals surface area contributed by atoms with Gasteiger partial charge in [-0.15, -0.1) is 0 Å². The molecule has 1 aliphatic heterocycles. The molecule has 4 aromatic carbocycles. The lowest BCUT2D eigenvalue weighted by molar-refractivity contribution is 0.359. The Balaban J connectivity index is 1.58. The first-order valence-electron chi connectivity index (χ1n) is 9.24. The molecule has 0 saturated heterocycles. The highest BCUT2D eigenvalue weighted by Crippen LogP contribution is 2.50. The Labute approximate surface area is 188 Å². The van der Waals surface area contributed by atoms with Crippen LogP contribution >= 0.6 is 35.0 Å². The van der Waals surface area contributed by atoms with E-state index in [2.05, 4.69) is 5.32 Å². The molecule has 148 valence electrons. The van der Waals surface area contributed by atoms with Crippen LogP contribution in [0.25, 0.3) is 0 Å². The summed E-state index contributed by atoms with van der Waals surface area (Å²) in [4.78, 5) is 1.88. The molecule has 1 aliphatic rings. The fourth-order valence-corrected chi connectivity index (χ4v) is 4.46. The third-order valence-electron chi connectivity index (χ3n) is 4.53. The summed E-state index contributed by atoms with van der Waals surface area (Å²) in [7, 11) is 0. The number of anilines is 2. The minimum Gasteiger partial charge on any atom is -0.449 e. The number of halogens is 2. The van der Waals surface area contributed by atoms with E-state index in [0.29, 0.717) is 33.0 Å². The van der Waals surface area contributed by atoms with Crippen molar-refractivity contribution in [2.24, 2.45) is 0 Å². The van der Waals surface area contributed by atoms with Crippen molar-refractivity contribution in [3.8, 4) is 23.0 Å². The number of hydrogen-bond acceptors (Lipinski definition) is 4. The van der Waals surface area contributed by atoms with Crippen molar-refractivity contribution in [1.29, 1.82) is 0 Å². The predicted molar refractivity (Wildman–Crippen MR) is 123 cm³/mol. The molecule has 1 heterocycles. The Bertz CT molecular complexity index is 1150. The molecule has 4 aromatic rings. The van der Waals surface area contributed by atoms with Crippen LogP contribution in [0.2, 0.25) is 10.0 Å². The number of ether oxygens (including phenoxy) is 2. The minimum absolute atomic E-state index is 0.631. The Morgan fingerprint density at radius 2 is 1.17 bits per heavy atom. The van der Waals surface area contributed by atoms with Gasteiger partial charge in [-0.2, -0.15) is 0 Å². The van der Waals surface area contributed by atoms with Crippen molar-refractivity contribution >= 4 is 46.3 Å². The van der Waals surface area contributed by atoms with Crippen molar-refractivity contribution in [2.45, 2.75) is 9.79 Å². The number of nitrogens with one attached hydrogen (secondary N) is 1. The van der Waals surface area contributed by atoms with Crippen molar-refractivity contribution in [3.63, 3.8) is 0 Å². The van der Waals surface area contributed by atoms with Gasteiger partial charge in [-0.25, -0.2) is 0 Å². The molecule has 0 fully saturated rings. The molecule has 0 amide bonds. The quantitative estimate of drug-likeness (QED) is 0.295. The second kappa shape index (κ2) is 8.15. The average Bonchev–Trinajstić information content (AvgIpc) is 2.76. The number of rotatable bonds is 4. The van der Waals surface area contributed by atoms with Crippen LogP contribution in [-0.2, 0) is 0 Å². The van der Waals surface area contributed by atoms with E-state index in [-0.39, 0.29) is 0 Å². The smallest absolute Gasteiger partial charge is 0.172 e. The van der Waals surface area contributed by atoms with Crippen molar-refractivity contribution in [2.75, 3.05) is 5.32 Å². The SMILES string of the molecule is Clc1ccccc1Nc1cc2c(cc1Sc1ccccc1Cl)Oc1ccccc1O2. The highest BCUT2D eigenvalue weighted by Gasteiger charge is 2.22. The van der Waals surface area contributed by atoms with Crippen LogP contribution in [-0.4, -0.2) is 0 Å². The van der Waals surface area contributed by atoms with Crippen LogP contribution in [0.1, 0.15) is 0 Å². The first kappa shape index (κ1) is 19.2. The van der Waals surface area contributed by atoms with E-state index >= 15 is 0 Å². The minimum atomic E-state index is 0.631. The summed E-state index contributed by atoms with van der Waals surface area (Å²) in [6, 6.07) is 26.8. The normalized spacial score (nSPS) is 11.7. The molecule has 0 radical (unpaired) electrons. The first-order valence-corrected chi connectivity index (χ1v) is 10.8. The maximum atomic E-state index is 6.40. The van der Waals surface area contributed by atoms with E-state index in [1.165, 1.54) is 0 Å². The number of para-hydroxylation sites is 3. The molecule has 0 spiro atoms. The second-order valence-corrected chi connectivity index (χ2v) is 8.48. The Morgan fingerprint density at radius 1 is 0.567 bits per heavy atom. The van der Waals surface area contributed by atoms with E-state index < -0.39 is 0 Å². The van der Waals surface area contributed by atoms with Crippen molar-refractivity contribution in [1.82, 2.24) is 0 Å². The molecule has 3 nitrogen and oxygen atoms in total. The Kier molecular flexibility index (Phi) is 5.21. The van der Waals surface area contributed by atoms with Crippen LogP contribution in [0.3, 0.4) is 0 Å². The van der Waals surface area contributed by atoms with Gasteiger partial charge in [-0.3, -0.25) is 0 Å². The Morgan fingerprint density at radius 3 is 1.87 bits per heavy atom. The predicted octanol–water partition coefficient (Wildman–Crippen LogP) is 8.79. The molecule has 1 N–H and O–H groups in total. The topological polar surface area (TPSA) is 30.5 Å². The van der Waals surface area contributed by atoms with E-state index in [1.807, 2.05) is 84.9 Å². The summed E-state index contributed by atoms with van der Waals surface area (Å²) in [5.41, 5.74) is 1.65. The molecular weight excluding hydrogens is 437 g/mol. The fourth-order valence-electron chi connectivity index (χ4n) is 3.09. The molecule has 0 atom stereocenters. The molecule has 5 rings (SSSR count). The first-order chi connectivity index (χ1) is 14.7. The summed E-state index contributed by atoms with van der Waals surface area (Å²) in [6.07, 6.45) is 0. The monoisotopic (exact) mass is 451 g/mol. The molecule has 0 unspecified atom stereocenters. The number of fused-ring (bicyclic) bond motifs is 2.